The zero-order chi connectivity index (χ0) is 44.4. The summed E-state index contributed by atoms with van der Waals surface area (Å²) in [5.74, 6) is 0. The number of hydrogen-bond donors (Lipinski definition) is 0. The molecule has 2 aliphatic carbocycles. The molecule has 3 heterocycles. The number of hydrogen-bond acceptors (Lipinski definition) is 3. The molecule has 0 bridgehead atoms. The van der Waals surface area contributed by atoms with E-state index < -0.39 is 0 Å². The Morgan fingerprint density at radius 1 is 0.532 bits per heavy atom. The van der Waals surface area contributed by atoms with E-state index >= 15 is 0 Å². The minimum Gasteiger partial charge on any atom is -0.311 e. The van der Waals surface area contributed by atoms with E-state index in [1.54, 1.807) is 5.56 Å². The van der Waals surface area contributed by atoms with E-state index in [4.69, 9.17) is 0 Å². The molecule has 0 amide bonds. The van der Waals surface area contributed by atoms with Gasteiger partial charge < -0.3 is 9.80 Å². The lowest BCUT2D eigenvalue weighted by Crippen LogP contribution is -2.61. The highest BCUT2D eigenvalue weighted by molar-refractivity contribution is 7.33. The van der Waals surface area contributed by atoms with Crippen molar-refractivity contribution in [3.63, 3.8) is 0 Å². The van der Waals surface area contributed by atoms with Crippen LogP contribution in [0.2, 0.25) is 0 Å². The number of benzene rings is 5. The van der Waals surface area contributed by atoms with Gasteiger partial charge in [-0.25, -0.2) is 0 Å². The monoisotopic (exact) mass is 837 g/mol. The predicted molar refractivity (Wildman–Crippen MR) is 273 cm³/mol. The van der Waals surface area contributed by atoms with E-state index in [2.05, 4.69) is 211 Å². The number of thiophene rings is 1. The highest BCUT2D eigenvalue weighted by Gasteiger charge is 2.50. The molecule has 2 aliphatic heterocycles. The van der Waals surface area contributed by atoms with Crippen molar-refractivity contribution < 1.29 is 0 Å². The first-order chi connectivity index (χ1) is 28.8. The summed E-state index contributed by atoms with van der Waals surface area (Å²) in [6.07, 6.45) is 4.77. The highest BCUT2D eigenvalue weighted by Crippen LogP contribution is 2.56. The Balaban J connectivity index is 1.35. The molecule has 320 valence electrons. The van der Waals surface area contributed by atoms with Crippen LogP contribution >= 0.6 is 11.3 Å². The molecule has 6 aromatic rings. The maximum absolute atomic E-state index is 2.74. The van der Waals surface area contributed by atoms with Crippen LogP contribution in [0.3, 0.4) is 0 Å². The molecule has 4 heteroatoms. The number of aryl methyl sites for hydroxylation is 2. The topological polar surface area (TPSA) is 6.48 Å². The highest BCUT2D eigenvalue weighted by atomic mass is 32.1. The molecule has 0 saturated heterocycles. The minimum atomic E-state index is 0.00652. The van der Waals surface area contributed by atoms with Crippen LogP contribution in [0.15, 0.2) is 78.9 Å². The van der Waals surface area contributed by atoms with Crippen molar-refractivity contribution >= 4 is 78.0 Å². The van der Waals surface area contributed by atoms with Gasteiger partial charge in [0.05, 0.1) is 5.69 Å². The van der Waals surface area contributed by atoms with Crippen LogP contribution in [0.1, 0.15) is 167 Å². The van der Waals surface area contributed by atoms with Crippen LogP contribution in [0.5, 0.6) is 0 Å². The van der Waals surface area contributed by atoms with Crippen molar-refractivity contribution in [2.75, 3.05) is 9.80 Å². The molecule has 0 spiro atoms. The molecular weight excluding hydrogens is 768 g/mol. The predicted octanol–water partition coefficient (Wildman–Crippen LogP) is 14.9. The molecule has 0 fully saturated rings. The zero-order valence-corrected chi connectivity index (χ0v) is 41.5. The fourth-order valence-electron chi connectivity index (χ4n) is 11.9. The Morgan fingerprint density at radius 3 is 1.68 bits per heavy atom. The summed E-state index contributed by atoms with van der Waals surface area (Å²) in [4.78, 5) is 5.42. The van der Waals surface area contributed by atoms with E-state index in [9.17, 15) is 0 Å². The Kier molecular flexibility index (Phi) is 8.85. The fraction of sp³-hybridized carbons (Fsp3) is 0.448. The van der Waals surface area contributed by atoms with Gasteiger partial charge in [0, 0.05) is 43.3 Å². The first-order valence-corrected chi connectivity index (χ1v) is 24.4. The van der Waals surface area contributed by atoms with Crippen molar-refractivity contribution in [3.05, 3.63) is 123 Å². The van der Waals surface area contributed by atoms with Crippen molar-refractivity contribution in [1.29, 1.82) is 0 Å². The third-order valence-corrected chi connectivity index (χ3v) is 17.2. The molecule has 4 aliphatic rings. The molecule has 10 rings (SSSR count). The fourth-order valence-corrected chi connectivity index (χ4v) is 13.2. The second kappa shape index (κ2) is 13.2. The second-order valence-corrected chi connectivity index (χ2v) is 25.6. The normalized spacial score (nSPS) is 19.1. The largest absolute Gasteiger partial charge is 0.311 e. The summed E-state index contributed by atoms with van der Waals surface area (Å²) >= 11 is 2.07. The first-order valence-electron chi connectivity index (χ1n) is 23.6. The summed E-state index contributed by atoms with van der Waals surface area (Å²) in [6.45, 7) is 38.7. The van der Waals surface area contributed by atoms with Gasteiger partial charge in [-0.05, 0) is 170 Å². The molecule has 5 aromatic carbocycles. The van der Waals surface area contributed by atoms with Gasteiger partial charge in [0.2, 0.25) is 0 Å². The smallest absolute Gasteiger partial charge is 0.264 e. The molecule has 62 heavy (non-hydrogen) atoms. The SMILES string of the molecule is Cc1cc2c3c(c1)N(c1ccc(C(C)(C)C)cc1)c1c(sc4cc5c(cc14)C(C)(C)CCC5(C)C)B3c1ccc3c(c1N2c1ccc(C(C)(C)C)cc1C)C(C)(C)CCC3(C)C. The molecule has 2 nitrogen and oxygen atoms in total. The van der Waals surface area contributed by atoms with Crippen molar-refractivity contribution in [2.45, 2.75) is 169 Å². The van der Waals surface area contributed by atoms with E-state index in [-0.39, 0.29) is 39.2 Å². The summed E-state index contributed by atoms with van der Waals surface area (Å²) in [7, 11) is 0. The minimum absolute atomic E-state index is 0.00652. The Bertz CT molecular complexity index is 2850. The average Bonchev–Trinajstić information content (AvgIpc) is 3.55. The van der Waals surface area contributed by atoms with Crippen LogP contribution in [0.4, 0.5) is 34.1 Å². The summed E-state index contributed by atoms with van der Waals surface area (Å²) in [5, 5.41) is 1.40. The van der Waals surface area contributed by atoms with E-state index in [0.717, 1.165) is 0 Å². The van der Waals surface area contributed by atoms with Gasteiger partial charge in [0.25, 0.3) is 6.71 Å². The van der Waals surface area contributed by atoms with E-state index in [1.807, 2.05) is 0 Å². The summed E-state index contributed by atoms with van der Waals surface area (Å²) in [5.41, 5.74) is 22.8. The molecule has 0 unspecified atom stereocenters. The molecule has 0 atom stereocenters. The number of rotatable bonds is 2. The summed E-state index contributed by atoms with van der Waals surface area (Å²) in [6, 6.07) is 32.3. The van der Waals surface area contributed by atoms with Crippen LogP contribution in [0, 0.1) is 13.8 Å². The zero-order valence-electron chi connectivity index (χ0n) is 40.7. The van der Waals surface area contributed by atoms with E-state index in [0.29, 0.717) is 0 Å². The maximum atomic E-state index is 2.74. The molecular formula is C58H69BN2S. The van der Waals surface area contributed by atoms with E-state index in [1.165, 1.54) is 125 Å². The van der Waals surface area contributed by atoms with Gasteiger partial charge in [0.15, 0.2) is 0 Å². The number of fused-ring (bicyclic) bond motifs is 9. The van der Waals surface area contributed by atoms with Gasteiger partial charge in [0.1, 0.15) is 0 Å². The average molecular weight is 837 g/mol. The molecule has 0 radical (unpaired) electrons. The molecule has 1 aromatic heterocycles. The van der Waals surface area contributed by atoms with Crippen molar-refractivity contribution in [2.24, 2.45) is 0 Å². The lowest BCUT2D eigenvalue weighted by atomic mass is 9.35. The maximum Gasteiger partial charge on any atom is 0.264 e. The van der Waals surface area contributed by atoms with Gasteiger partial charge in [-0.1, -0.05) is 133 Å². The number of anilines is 6. The van der Waals surface area contributed by atoms with Crippen molar-refractivity contribution in [3.8, 4) is 0 Å². The third kappa shape index (κ3) is 6.08. The van der Waals surface area contributed by atoms with Crippen LogP contribution in [0.25, 0.3) is 10.1 Å². The van der Waals surface area contributed by atoms with Gasteiger partial charge in [-0.2, -0.15) is 0 Å². The van der Waals surface area contributed by atoms with Crippen molar-refractivity contribution in [1.82, 2.24) is 0 Å². The quantitative estimate of drug-likeness (QED) is 0.160. The second-order valence-electron chi connectivity index (χ2n) is 24.5. The molecule has 0 saturated carbocycles. The van der Waals surface area contributed by atoms with Crippen LogP contribution in [-0.2, 0) is 32.5 Å². The third-order valence-electron chi connectivity index (χ3n) is 16.0. The molecule has 0 N–H and O–H groups in total. The lowest BCUT2D eigenvalue weighted by molar-refractivity contribution is 0.332. The Hall–Kier alpha value is -4.28. The number of nitrogens with zero attached hydrogens (tertiary/aromatic N) is 2. The van der Waals surface area contributed by atoms with Crippen LogP contribution < -0.4 is 25.5 Å². The lowest BCUT2D eigenvalue weighted by Gasteiger charge is -2.49. The van der Waals surface area contributed by atoms with Gasteiger partial charge in [-0.3, -0.25) is 0 Å². The van der Waals surface area contributed by atoms with Gasteiger partial charge in [-0.15, -0.1) is 11.3 Å². The van der Waals surface area contributed by atoms with Gasteiger partial charge >= 0.3 is 0 Å². The standard InChI is InChI=1S/C58H69BN2S/c1-34-29-45-49-46(30-34)61(44-24-19-37(31-35(44)2)54(6,7)8)51-43(23-22-40-48(51)58(15,16)28-27-55(40,9)10)59(49)52-50(60(45)38-20-17-36(18-21-38)53(3,4)5)39-32-41-42(33-47(39)62-52)57(13,14)26-25-56(41,11)12/h17-24,29-33H,25-28H2,1-16H3. The Labute approximate surface area is 378 Å². The Morgan fingerprint density at radius 2 is 1.08 bits per heavy atom. The van der Waals surface area contributed by atoms with Crippen LogP contribution in [-0.4, -0.2) is 6.71 Å². The summed E-state index contributed by atoms with van der Waals surface area (Å²) < 4.78 is 2.89. The first kappa shape index (κ1) is 41.7.